The third-order valence-electron chi connectivity index (χ3n) is 12.8. The fraction of sp³-hybridized carbons (Fsp3) is 0.805. The molecule has 9 nitrogen and oxygen atoms in total. The highest BCUT2D eigenvalue weighted by atomic mass is 16.5. The summed E-state index contributed by atoms with van der Waals surface area (Å²) < 4.78 is 11.8. The molecule has 2 aliphatic carbocycles. The van der Waals surface area contributed by atoms with Crippen molar-refractivity contribution in [2.45, 2.75) is 162 Å². The summed E-state index contributed by atoms with van der Waals surface area (Å²) in [6, 6.07) is 0. The van der Waals surface area contributed by atoms with E-state index in [1.807, 2.05) is 54.5 Å². The number of carbonyl (C=O) groups is 4. The Labute approximate surface area is 299 Å². The van der Waals surface area contributed by atoms with E-state index in [0.717, 1.165) is 18.4 Å². The largest absolute Gasteiger partial charge is 0.469 e. The highest BCUT2D eigenvalue weighted by molar-refractivity contribution is 5.96. The van der Waals surface area contributed by atoms with E-state index in [4.69, 9.17) is 9.47 Å². The van der Waals surface area contributed by atoms with Crippen LogP contribution >= 0.6 is 0 Å². The minimum Gasteiger partial charge on any atom is -0.469 e. The van der Waals surface area contributed by atoms with Crippen LogP contribution in [0, 0.1) is 40.9 Å². The van der Waals surface area contributed by atoms with Gasteiger partial charge in [0.1, 0.15) is 17.3 Å². The Morgan fingerprint density at radius 3 is 2.28 bits per heavy atom. The summed E-state index contributed by atoms with van der Waals surface area (Å²) in [7, 11) is 1.28. The van der Waals surface area contributed by atoms with Crippen LogP contribution in [0.15, 0.2) is 22.8 Å². The summed E-state index contributed by atoms with van der Waals surface area (Å²) in [5, 5.41) is 35.2. The van der Waals surface area contributed by atoms with Crippen molar-refractivity contribution in [1.82, 2.24) is 0 Å². The number of allylic oxidation sites excluding steroid dienone is 3. The van der Waals surface area contributed by atoms with Gasteiger partial charge in [-0.15, -0.1) is 0 Å². The number of ether oxygens (including phenoxy) is 2. The quantitative estimate of drug-likeness (QED) is 0.225. The van der Waals surface area contributed by atoms with Gasteiger partial charge in [-0.3, -0.25) is 19.2 Å². The number of carbonyl (C=O) groups excluding carboxylic acids is 4. The first kappa shape index (κ1) is 40.6. The first-order chi connectivity index (χ1) is 23.3. The molecule has 9 heteroatoms. The SMILES string of the molecule is COC(=O)C12CC(=O)C(C(C)C)CC(=O)C(C)CCCC(C)CC(=O)C1C1C=C(C)CCC(O)C3(C)CCC(O3)C(C)(O)CC(O)C1=C(C)C2. The molecule has 50 heavy (non-hydrogen) atoms. The Balaban J connectivity index is 1.95. The number of esters is 1. The number of aliphatic hydroxyl groups is 3. The molecule has 2 heterocycles. The van der Waals surface area contributed by atoms with E-state index in [2.05, 4.69) is 0 Å². The van der Waals surface area contributed by atoms with Crippen molar-refractivity contribution in [3.8, 4) is 0 Å². The summed E-state index contributed by atoms with van der Waals surface area (Å²) >= 11 is 0. The van der Waals surface area contributed by atoms with E-state index in [9.17, 15) is 34.5 Å². The molecular weight excluding hydrogens is 636 g/mol. The normalized spacial score (nSPS) is 41.6. The molecule has 2 fully saturated rings. The number of methoxy groups -OCH3 is 1. The maximum atomic E-state index is 14.9. The van der Waals surface area contributed by atoms with Gasteiger partial charge < -0.3 is 24.8 Å². The second kappa shape index (κ2) is 15.8. The van der Waals surface area contributed by atoms with E-state index in [-0.39, 0.29) is 67.2 Å². The van der Waals surface area contributed by atoms with Gasteiger partial charge in [-0.2, -0.15) is 0 Å². The summed E-state index contributed by atoms with van der Waals surface area (Å²) in [6.45, 7) is 15.0. The van der Waals surface area contributed by atoms with Crippen LogP contribution in [0.4, 0.5) is 0 Å². The van der Waals surface area contributed by atoms with Gasteiger partial charge in [0.25, 0.3) is 0 Å². The molecule has 0 radical (unpaired) electrons. The van der Waals surface area contributed by atoms with Crippen LogP contribution < -0.4 is 0 Å². The van der Waals surface area contributed by atoms with E-state index in [1.54, 1.807) is 6.92 Å². The molecule has 0 aromatic carbocycles. The molecule has 11 unspecified atom stereocenters. The van der Waals surface area contributed by atoms with Gasteiger partial charge in [0.2, 0.25) is 0 Å². The zero-order chi connectivity index (χ0) is 37.3. The predicted octanol–water partition coefficient (Wildman–Crippen LogP) is 6.25. The van der Waals surface area contributed by atoms with Gasteiger partial charge in [0.05, 0.1) is 42.0 Å². The Bertz CT molecular complexity index is 1360. The summed E-state index contributed by atoms with van der Waals surface area (Å²) in [5.74, 6) is -3.80. The molecule has 0 amide bonds. The lowest BCUT2D eigenvalue weighted by Gasteiger charge is -2.48. The topological polar surface area (TPSA) is 147 Å². The zero-order valence-corrected chi connectivity index (χ0v) is 32.0. The highest BCUT2D eigenvalue weighted by Gasteiger charge is 2.59. The smallest absolute Gasteiger partial charge is 0.313 e. The van der Waals surface area contributed by atoms with Crippen molar-refractivity contribution in [1.29, 1.82) is 0 Å². The van der Waals surface area contributed by atoms with Crippen molar-refractivity contribution in [2.75, 3.05) is 7.11 Å². The molecule has 0 spiro atoms. The molecule has 4 rings (SSSR count). The summed E-state index contributed by atoms with van der Waals surface area (Å²) in [4.78, 5) is 57.1. The molecule has 0 aromatic heterocycles. The number of hydrogen-bond donors (Lipinski definition) is 3. The van der Waals surface area contributed by atoms with Crippen molar-refractivity contribution in [2.24, 2.45) is 40.9 Å². The third kappa shape index (κ3) is 8.37. The first-order valence-corrected chi connectivity index (χ1v) is 19.1. The molecule has 282 valence electrons. The number of rotatable bonds is 2. The fourth-order valence-electron chi connectivity index (χ4n) is 9.66. The average molecular weight is 701 g/mol. The molecule has 2 bridgehead atoms. The minimum atomic E-state index is -1.56. The van der Waals surface area contributed by atoms with Crippen LogP contribution in [-0.2, 0) is 28.7 Å². The van der Waals surface area contributed by atoms with Gasteiger partial charge in [0.15, 0.2) is 0 Å². The fourth-order valence-corrected chi connectivity index (χ4v) is 9.66. The van der Waals surface area contributed by atoms with Gasteiger partial charge in [0, 0.05) is 49.4 Å². The molecule has 4 aliphatic rings. The first-order valence-electron chi connectivity index (χ1n) is 19.1. The van der Waals surface area contributed by atoms with E-state index >= 15 is 0 Å². The van der Waals surface area contributed by atoms with Crippen LogP contribution in [0.5, 0.6) is 0 Å². The van der Waals surface area contributed by atoms with E-state index in [1.165, 1.54) is 7.11 Å². The highest BCUT2D eigenvalue weighted by Crippen LogP contribution is 2.55. The van der Waals surface area contributed by atoms with E-state index in [0.29, 0.717) is 43.3 Å². The molecule has 2 aliphatic heterocycles. The Morgan fingerprint density at radius 2 is 1.64 bits per heavy atom. The minimum absolute atomic E-state index is 0.0278. The molecular formula is C41H64O9. The van der Waals surface area contributed by atoms with Crippen molar-refractivity contribution >= 4 is 23.3 Å². The number of Topliss-reactive ketones (excluding diaryl/α,β-unsaturated/α-hetero) is 3. The van der Waals surface area contributed by atoms with Crippen molar-refractivity contribution in [3.05, 3.63) is 22.8 Å². The number of hydrogen-bond acceptors (Lipinski definition) is 9. The molecule has 1 saturated carbocycles. The number of ketones is 3. The Morgan fingerprint density at radius 1 is 0.960 bits per heavy atom. The number of aliphatic hydroxyl groups excluding tert-OH is 2. The van der Waals surface area contributed by atoms with Gasteiger partial charge in [-0.25, -0.2) is 0 Å². The standard InChI is InChI=1S/C41H64O9/c1-23(2)28-19-30(42)26(5)12-10-11-24(3)18-31(43)37-29-17-25(4)13-14-34(46)40(8)16-15-35(50-40)39(7,48)21-33(45)36(29)27(6)20-41(37,22-32(28)44)38(47)49-9/h17,23-24,26,28-29,33-35,37,45-46,48H,10-16,18-22H2,1-9H3. The van der Waals surface area contributed by atoms with Crippen LogP contribution in [0.25, 0.3) is 0 Å². The molecule has 3 N–H and O–H groups in total. The monoisotopic (exact) mass is 700 g/mol. The average Bonchev–Trinajstić information content (AvgIpc) is 3.44. The molecule has 1 saturated heterocycles. The van der Waals surface area contributed by atoms with Gasteiger partial charge in [-0.05, 0) is 83.6 Å². The summed E-state index contributed by atoms with van der Waals surface area (Å²) in [5.41, 5.74) is -1.73. The summed E-state index contributed by atoms with van der Waals surface area (Å²) in [6.07, 6.45) is 3.46. The predicted molar refractivity (Wildman–Crippen MR) is 191 cm³/mol. The lowest BCUT2D eigenvalue weighted by Crippen LogP contribution is -2.53. The van der Waals surface area contributed by atoms with Crippen LogP contribution in [0.2, 0.25) is 0 Å². The Hall–Kier alpha value is -2.20. The van der Waals surface area contributed by atoms with Gasteiger partial charge >= 0.3 is 5.97 Å². The van der Waals surface area contributed by atoms with Crippen LogP contribution in [-0.4, -0.2) is 75.3 Å². The van der Waals surface area contributed by atoms with Crippen LogP contribution in [0.3, 0.4) is 0 Å². The maximum Gasteiger partial charge on any atom is 0.313 e. The zero-order valence-electron chi connectivity index (χ0n) is 32.0. The third-order valence-corrected chi connectivity index (χ3v) is 12.8. The lowest BCUT2D eigenvalue weighted by molar-refractivity contribution is -0.167. The Kier molecular flexibility index (Phi) is 12.8. The second-order valence-electron chi connectivity index (χ2n) is 17.4. The van der Waals surface area contributed by atoms with Gasteiger partial charge in [-0.1, -0.05) is 57.8 Å². The van der Waals surface area contributed by atoms with Crippen molar-refractivity contribution in [3.63, 3.8) is 0 Å². The molecule has 0 aromatic rings. The number of fused-ring (bicyclic) bond motifs is 5. The molecule has 11 atom stereocenters. The second-order valence-corrected chi connectivity index (χ2v) is 17.4. The van der Waals surface area contributed by atoms with Crippen LogP contribution in [0.1, 0.15) is 132 Å². The lowest BCUT2D eigenvalue weighted by atomic mass is 9.54. The maximum absolute atomic E-state index is 14.9. The van der Waals surface area contributed by atoms with Crippen molar-refractivity contribution < 1.29 is 44.0 Å². The van der Waals surface area contributed by atoms with E-state index < -0.39 is 58.7 Å².